The zero-order valence-corrected chi connectivity index (χ0v) is 23.7. The van der Waals surface area contributed by atoms with Gasteiger partial charge in [-0.15, -0.1) is 0 Å². The smallest absolute Gasteiger partial charge is 0.471 e. The van der Waals surface area contributed by atoms with Gasteiger partial charge in [0.2, 0.25) is 5.78 Å². The summed E-state index contributed by atoms with van der Waals surface area (Å²) in [5, 5.41) is 55.8. The van der Waals surface area contributed by atoms with E-state index in [2.05, 4.69) is 0 Å². The molecule has 2 aliphatic carbocycles. The van der Waals surface area contributed by atoms with E-state index in [1.54, 1.807) is 5.32 Å². The van der Waals surface area contributed by atoms with Gasteiger partial charge in [-0.1, -0.05) is 12.1 Å². The van der Waals surface area contributed by atoms with Gasteiger partial charge in [0.15, 0.2) is 17.9 Å². The van der Waals surface area contributed by atoms with Crippen LogP contribution in [0.2, 0.25) is 0 Å². The number of aliphatic hydroxyl groups excluding tert-OH is 2. The third-order valence-corrected chi connectivity index (χ3v) is 8.33. The van der Waals surface area contributed by atoms with Crippen LogP contribution in [0.3, 0.4) is 0 Å². The van der Waals surface area contributed by atoms with E-state index in [1.165, 1.54) is 32.2 Å². The van der Waals surface area contributed by atoms with E-state index >= 15 is 0 Å². The fraction of sp³-hybridized carbons (Fsp3) is 0.448. The van der Waals surface area contributed by atoms with E-state index in [9.17, 15) is 57.9 Å². The van der Waals surface area contributed by atoms with Crippen molar-refractivity contribution < 1.29 is 72.1 Å². The van der Waals surface area contributed by atoms with Gasteiger partial charge in [0.05, 0.1) is 42.0 Å². The molecule has 5 rings (SSSR count). The van der Waals surface area contributed by atoms with E-state index in [1.807, 2.05) is 0 Å². The van der Waals surface area contributed by atoms with Crippen molar-refractivity contribution in [1.82, 2.24) is 5.32 Å². The number of benzene rings is 2. The summed E-state index contributed by atoms with van der Waals surface area (Å²) >= 11 is 0. The number of hydrogen-bond donors (Lipinski definition) is 6. The van der Waals surface area contributed by atoms with Gasteiger partial charge in [-0.05, 0) is 13.0 Å². The molecule has 0 bridgehead atoms. The van der Waals surface area contributed by atoms with Crippen molar-refractivity contribution in [3.63, 3.8) is 0 Å². The highest BCUT2D eigenvalue weighted by Gasteiger charge is 2.51. The average molecular weight is 640 g/mol. The maximum absolute atomic E-state index is 13.7. The first kappa shape index (κ1) is 32.3. The summed E-state index contributed by atoms with van der Waals surface area (Å²) in [7, 11) is 1.25. The number of phenols is 2. The zero-order chi connectivity index (χ0) is 33.2. The number of aliphatic hydroxyl groups is 3. The Labute approximate surface area is 252 Å². The van der Waals surface area contributed by atoms with Crippen molar-refractivity contribution in [3.05, 3.63) is 51.6 Å². The van der Waals surface area contributed by atoms with Crippen molar-refractivity contribution >= 4 is 23.3 Å². The summed E-state index contributed by atoms with van der Waals surface area (Å²) in [5.41, 5.74) is -4.74. The van der Waals surface area contributed by atoms with Gasteiger partial charge in [-0.2, -0.15) is 13.2 Å². The fourth-order valence-corrected chi connectivity index (χ4v) is 6.11. The summed E-state index contributed by atoms with van der Waals surface area (Å²) in [6.45, 7) is 0.123. The molecular formula is C29H28F3NO12. The van der Waals surface area contributed by atoms with Crippen LogP contribution in [0.1, 0.15) is 68.8 Å². The Balaban J connectivity index is 1.61. The van der Waals surface area contributed by atoms with Crippen molar-refractivity contribution in [3.8, 4) is 17.2 Å². The number of ketones is 3. The minimum absolute atomic E-state index is 0.000996. The molecule has 6 N–H and O–H groups in total. The molecule has 0 spiro atoms. The molecule has 2 aromatic carbocycles. The predicted molar refractivity (Wildman–Crippen MR) is 142 cm³/mol. The van der Waals surface area contributed by atoms with Crippen molar-refractivity contribution in [2.75, 3.05) is 13.7 Å². The van der Waals surface area contributed by atoms with Gasteiger partial charge in [0.1, 0.15) is 35.6 Å². The molecule has 0 aromatic heterocycles. The van der Waals surface area contributed by atoms with Crippen molar-refractivity contribution in [1.29, 1.82) is 0 Å². The Hall–Kier alpha value is -4.09. The van der Waals surface area contributed by atoms with Crippen molar-refractivity contribution in [2.24, 2.45) is 0 Å². The molecule has 45 heavy (non-hydrogen) atoms. The third kappa shape index (κ3) is 5.31. The first-order valence-corrected chi connectivity index (χ1v) is 13.6. The number of rotatable bonds is 6. The lowest BCUT2D eigenvalue weighted by atomic mass is 9.72. The highest BCUT2D eigenvalue weighted by atomic mass is 19.4. The van der Waals surface area contributed by atoms with Crippen molar-refractivity contribution in [2.45, 2.75) is 68.6 Å². The number of carbonyl (C=O) groups excluding carboxylic acids is 4. The van der Waals surface area contributed by atoms with Gasteiger partial charge in [-0.3, -0.25) is 19.2 Å². The van der Waals surface area contributed by atoms with Crippen LogP contribution in [0.4, 0.5) is 13.2 Å². The van der Waals surface area contributed by atoms with Crippen LogP contribution in [0.5, 0.6) is 17.2 Å². The van der Waals surface area contributed by atoms with Crippen LogP contribution in [-0.2, 0) is 25.5 Å². The second-order valence-corrected chi connectivity index (χ2v) is 11.1. The number of aromatic hydroxyl groups is 2. The number of ether oxygens (including phenoxy) is 3. The number of Topliss-reactive ketones (excluding diaryl/α,β-unsaturated/α-hetero) is 1. The minimum atomic E-state index is -5.27. The van der Waals surface area contributed by atoms with E-state index in [0.29, 0.717) is 0 Å². The number of hydrogen-bond acceptors (Lipinski definition) is 12. The van der Waals surface area contributed by atoms with Crippen LogP contribution in [-0.4, -0.2) is 98.8 Å². The molecule has 3 aliphatic rings. The van der Waals surface area contributed by atoms with Crippen LogP contribution in [0, 0.1) is 0 Å². The summed E-state index contributed by atoms with van der Waals surface area (Å²) in [6.07, 6.45) is -13.3. The molecule has 0 unspecified atom stereocenters. The lowest BCUT2D eigenvalue weighted by Gasteiger charge is -2.43. The first-order chi connectivity index (χ1) is 21.0. The number of phenolic OH excluding ortho intramolecular Hbond substituents is 2. The number of fused-ring (bicyclic) bond motifs is 3. The molecule has 6 atom stereocenters. The molecule has 1 aliphatic heterocycles. The quantitative estimate of drug-likeness (QED) is 0.206. The molecule has 1 heterocycles. The summed E-state index contributed by atoms with van der Waals surface area (Å²) in [5.74, 6) is -6.94. The number of methoxy groups -OCH3 is 1. The topological polar surface area (TPSA) is 209 Å². The minimum Gasteiger partial charge on any atom is -0.507 e. The molecule has 1 fully saturated rings. The molecule has 0 saturated carbocycles. The van der Waals surface area contributed by atoms with Gasteiger partial charge >= 0.3 is 12.1 Å². The molecule has 242 valence electrons. The third-order valence-electron chi connectivity index (χ3n) is 8.33. The highest BCUT2D eigenvalue weighted by Crippen LogP contribution is 2.52. The van der Waals surface area contributed by atoms with Gasteiger partial charge < -0.3 is 45.1 Å². The van der Waals surface area contributed by atoms with Gasteiger partial charge in [-0.25, -0.2) is 0 Å². The molecule has 13 nitrogen and oxygen atoms in total. The zero-order valence-electron chi connectivity index (χ0n) is 23.7. The molecule has 0 radical (unpaired) electrons. The number of nitrogens with one attached hydrogen (secondary N) is 1. The number of amides is 1. The molecular weight excluding hydrogens is 611 g/mol. The number of alkyl halides is 3. The molecule has 16 heteroatoms. The Bertz CT molecular complexity index is 1610. The Morgan fingerprint density at radius 2 is 1.78 bits per heavy atom. The molecule has 1 amide bonds. The number of carbonyl (C=O) groups is 4. The number of halogens is 3. The Morgan fingerprint density at radius 3 is 2.40 bits per heavy atom. The second kappa shape index (κ2) is 11.4. The van der Waals surface area contributed by atoms with Crippen LogP contribution >= 0.6 is 0 Å². The normalized spacial score (nSPS) is 27.7. The lowest BCUT2D eigenvalue weighted by Crippen LogP contribution is -2.57. The maximum atomic E-state index is 13.7. The molecule has 2 aromatic rings. The SMILES string of the molecule is COc1cccc2c1C(=O)c1c(O)c3c(c(O)c1C2=O)C[C@@](O)(C(=O)CO)C[C@@H]3O[C@@H]1C[C@H](NC(=O)C(F)(F)F)[C@H](O)[C@H](C)O1. The first-order valence-electron chi connectivity index (χ1n) is 13.6. The van der Waals surface area contributed by atoms with Gasteiger partial charge in [0.25, 0.3) is 0 Å². The highest BCUT2D eigenvalue weighted by molar-refractivity contribution is 6.31. The average Bonchev–Trinajstić information content (AvgIpc) is 2.98. The Kier molecular flexibility index (Phi) is 8.16. The fourth-order valence-electron chi connectivity index (χ4n) is 6.11. The second-order valence-electron chi connectivity index (χ2n) is 11.1. The molecule has 1 saturated heterocycles. The summed E-state index contributed by atoms with van der Waals surface area (Å²) in [4.78, 5) is 51.5. The lowest BCUT2D eigenvalue weighted by molar-refractivity contribution is -0.250. The van der Waals surface area contributed by atoms with Crippen LogP contribution in [0.25, 0.3) is 0 Å². The van der Waals surface area contributed by atoms with E-state index in [0.717, 1.165) is 0 Å². The summed E-state index contributed by atoms with van der Waals surface area (Å²) in [6, 6.07) is 2.60. The van der Waals surface area contributed by atoms with Crippen LogP contribution in [0.15, 0.2) is 18.2 Å². The predicted octanol–water partition coefficient (Wildman–Crippen LogP) is 0.721. The Morgan fingerprint density at radius 1 is 1.11 bits per heavy atom. The van der Waals surface area contributed by atoms with E-state index in [-0.39, 0.29) is 28.0 Å². The van der Waals surface area contributed by atoms with E-state index in [4.69, 9.17) is 14.2 Å². The van der Waals surface area contributed by atoms with Crippen LogP contribution < -0.4 is 10.1 Å². The summed E-state index contributed by atoms with van der Waals surface area (Å²) < 4.78 is 55.5. The largest absolute Gasteiger partial charge is 0.507 e. The van der Waals surface area contributed by atoms with Gasteiger partial charge in [0, 0.05) is 36.0 Å². The van der Waals surface area contributed by atoms with E-state index < -0.39 is 114 Å². The monoisotopic (exact) mass is 639 g/mol. The standard InChI is InChI=1S/C29H28F3NO12/c1-10-22(36)13(33-27(41)29(30,31)32)6-17(44-10)45-15-8-28(42,16(35)9-34)7-12-19(15)26(40)21-20(24(12)38)23(37)11-4-3-5-14(43-2)18(11)25(21)39/h3-5,10,13,15,17,22,34,36,38,40,42H,6-9H2,1-2H3,(H,33,41)/t10-,13-,15-,17+,22+,28-/m0/s1. The maximum Gasteiger partial charge on any atom is 0.471 e.